The third kappa shape index (κ3) is 3.94. The highest BCUT2D eigenvalue weighted by molar-refractivity contribution is 7.89. The van der Waals surface area contributed by atoms with E-state index in [9.17, 15) is 8.42 Å². The van der Waals surface area contributed by atoms with Crippen molar-refractivity contribution in [2.45, 2.75) is 33.2 Å². The number of aryl methyl sites for hydroxylation is 1. The van der Waals surface area contributed by atoms with Gasteiger partial charge in [0.25, 0.3) is 0 Å². The topological polar surface area (TPSA) is 58.2 Å². The number of hydrogen-bond donors (Lipinski definition) is 2. The molecule has 0 bridgehead atoms. The van der Waals surface area contributed by atoms with Crippen LogP contribution >= 0.6 is 0 Å². The lowest BCUT2D eigenvalue weighted by Crippen LogP contribution is -2.28. The van der Waals surface area contributed by atoms with Crippen LogP contribution in [0.1, 0.15) is 31.4 Å². The van der Waals surface area contributed by atoms with Gasteiger partial charge in [0.2, 0.25) is 10.0 Å². The van der Waals surface area contributed by atoms with Gasteiger partial charge in [-0.1, -0.05) is 32.0 Å². The van der Waals surface area contributed by atoms with Crippen molar-refractivity contribution in [1.82, 2.24) is 4.72 Å². The average molecular weight is 282 g/mol. The predicted molar refractivity (Wildman–Crippen MR) is 78.7 cm³/mol. The van der Waals surface area contributed by atoms with Gasteiger partial charge in [-0.15, -0.1) is 0 Å². The van der Waals surface area contributed by atoms with Crippen LogP contribution in [0.5, 0.6) is 0 Å². The number of nitrogens with one attached hydrogen (secondary N) is 2. The van der Waals surface area contributed by atoms with E-state index in [1.807, 2.05) is 26.0 Å². The maximum absolute atomic E-state index is 11.9. The summed E-state index contributed by atoms with van der Waals surface area (Å²) in [5.41, 5.74) is 3.43. The molecule has 4 nitrogen and oxygen atoms in total. The molecule has 0 radical (unpaired) electrons. The first-order valence-electron chi connectivity index (χ1n) is 6.80. The second kappa shape index (κ2) is 5.92. The monoisotopic (exact) mass is 282 g/mol. The highest BCUT2D eigenvalue weighted by Crippen LogP contribution is 2.25. The van der Waals surface area contributed by atoms with Gasteiger partial charge in [0.1, 0.15) is 0 Å². The zero-order valence-corrected chi connectivity index (χ0v) is 12.4. The zero-order chi connectivity index (χ0) is 13.9. The van der Waals surface area contributed by atoms with E-state index in [1.165, 1.54) is 5.56 Å². The standard InChI is InChI=1S/C14H22N2O2S/c1-11(2)10-19(17,18)16-9-13-6-3-5-12-7-4-8-15-14(12)13/h3,5-6,11,15-16H,4,7-10H2,1-2H3. The van der Waals surface area contributed by atoms with Gasteiger partial charge in [-0.05, 0) is 29.9 Å². The maximum Gasteiger partial charge on any atom is 0.212 e. The van der Waals surface area contributed by atoms with Crippen LogP contribution in [0.15, 0.2) is 18.2 Å². The van der Waals surface area contributed by atoms with Crippen LogP contribution in [0.4, 0.5) is 5.69 Å². The van der Waals surface area contributed by atoms with Gasteiger partial charge in [-0.3, -0.25) is 0 Å². The molecule has 0 saturated heterocycles. The van der Waals surface area contributed by atoms with Gasteiger partial charge >= 0.3 is 0 Å². The number of benzene rings is 1. The predicted octanol–water partition coefficient (Wildman–Crippen LogP) is 2.12. The minimum Gasteiger partial charge on any atom is -0.385 e. The molecule has 0 saturated carbocycles. The molecule has 1 aromatic rings. The molecule has 0 amide bonds. The zero-order valence-electron chi connectivity index (χ0n) is 11.6. The first-order chi connectivity index (χ1) is 8.98. The Morgan fingerprint density at radius 1 is 1.37 bits per heavy atom. The van der Waals surface area contributed by atoms with E-state index >= 15 is 0 Å². The molecule has 2 N–H and O–H groups in total. The average Bonchev–Trinajstić information content (AvgIpc) is 2.35. The lowest BCUT2D eigenvalue weighted by molar-refractivity contribution is 0.568. The van der Waals surface area contributed by atoms with Gasteiger partial charge in [-0.25, -0.2) is 13.1 Å². The number of hydrogen-bond acceptors (Lipinski definition) is 3. The quantitative estimate of drug-likeness (QED) is 0.869. The summed E-state index contributed by atoms with van der Waals surface area (Å²) in [5, 5.41) is 3.37. The van der Waals surface area contributed by atoms with Crippen molar-refractivity contribution >= 4 is 15.7 Å². The van der Waals surface area contributed by atoms with Crippen molar-refractivity contribution in [3.63, 3.8) is 0 Å². The Hall–Kier alpha value is -1.07. The van der Waals surface area contributed by atoms with Crippen LogP contribution in [-0.4, -0.2) is 20.7 Å². The van der Waals surface area contributed by atoms with Crippen molar-refractivity contribution in [2.24, 2.45) is 5.92 Å². The first-order valence-corrected chi connectivity index (χ1v) is 8.45. The Morgan fingerprint density at radius 3 is 2.89 bits per heavy atom. The first kappa shape index (κ1) is 14.3. The Bertz CT molecular complexity index is 538. The van der Waals surface area contributed by atoms with Crippen molar-refractivity contribution in [2.75, 3.05) is 17.6 Å². The summed E-state index contributed by atoms with van der Waals surface area (Å²) in [7, 11) is -3.18. The molecule has 0 aromatic heterocycles. The summed E-state index contributed by atoms with van der Waals surface area (Å²) in [6.45, 7) is 5.14. The fourth-order valence-electron chi connectivity index (χ4n) is 2.41. The van der Waals surface area contributed by atoms with Gasteiger partial charge in [-0.2, -0.15) is 0 Å². The molecule has 1 aromatic carbocycles. The Balaban J connectivity index is 2.08. The minimum atomic E-state index is -3.18. The van der Waals surface area contributed by atoms with Crippen LogP contribution < -0.4 is 10.0 Å². The molecule has 5 heteroatoms. The second-order valence-electron chi connectivity index (χ2n) is 5.48. The summed E-state index contributed by atoms with van der Waals surface area (Å²) in [6, 6.07) is 6.08. The molecular weight excluding hydrogens is 260 g/mol. The third-order valence-corrected chi connectivity index (χ3v) is 4.89. The van der Waals surface area contributed by atoms with Crippen LogP contribution in [0, 0.1) is 5.92 Å². The van der Waals surface area contributed by atoms with E-state index in [2.05, 4.69) is 16.1 Å². The van der Waals surface area contributed by atoms with E-state index < -0.39 is 10.0 Å². The fourth-order valence-corrected chi connectivity index (χ4v) is 3.78. The summed E-state index contributed by atoms with van der Waals surface area (Å²) in [4.78, 5) is 0. The molecule has 0 unspecified atom stereocenters. The Kier molecular flexibility index (Phi) is 4.47. The highest BCUT2D eigenvalue weighted by Gasteiger charge is 2.16. The molecule has 106 valence electrons. The SMILES string of the molecule is CC(C)CS(=O)(=O)NCc1cccc2c1NCCC2. The summed E-state index contributed by atoms with van der Waals surface area (Å²) in [6.07, 6.45) is 2.20. The van der Waals surface area contributed by atoms with E-state index in [-0.39, 0.29) is 11.7 Å². The van der Waals surface area contributed by atoms with Crippen molar-refractivity contribution < 1.29 is 8.42 Å². The van der Waals surface area contributed by atoms with E-state index in [0.29, 0.717) is 6.54 Å². The van der Waals surface area contributed by atoms with Crippen molar-refractivity contribution in [3.8, 4) is 0 Å². The number of fused-ring (bicyclic) bond motifs is 1. The molecule has 1 aliphatic heterocycles. The van der Waals surface area contributed by atoms with Crippen LogP contribution in [-0.2, 0) is 23.0 Å². The summed E-state index contributed by atoms with van der Waals surface area (Å²) in [5.74, 6) is 0.315. The molecule has 0 atom stereocenters. The van der Waals surface area contributed by atoms with Gasteiger partial charge in [0, 0.05) is 18.8 Å². The summed E-state index contributed by atoms with van der Waals surface area (Å²) < 4.78 is 26.4. The van der Waals surface area contributed by atoms with Gasteiger partial charge < -0.3 is 5.32 Å². The molecule has 2 rings (SSSR count). The third-order valence-electron chi connectivity index (χ3n) is 3.20. The van der Waals surface area contributed by atoms with Crippen molar-refractivity contribution in [1.29, 1.82) is 0 Å². The highest BCUT2D eigenvalue weighted by atomic mass is 32.2. The van der Waals surface area contributed by atoms with E-state index in [0.717, 1.165) is 30.6 Å². The smallest absolute Gasteiger partial charge is 0.212 e. The molecular formula is C14H22N2O2S. The molecule has 1 heterocycles. The second-order valence-corrected chi connectivity index (χ2v) is 7.33. The van der Waals surface area contributed by atoms with E-state index in [4.69, 9.17) is 0 Å². The van der Waals surface area contributed by atoms with Gasteiger partial charge in [0.15, 0.2) is 0 Å². The normalized spacial score (nSPS) is 15.1. The molecule has 1 aliphatic rings. The lowest BCUT2D eigenvalue weighted by Gasteiger charge is -2.21. The largest absolute Gasteiger partial charge is 0.385 e. The van der Waals surface area contributed by atoms with Crippen LogP contribution in [0.2, 0.25) is 0 Å². The molecule has 19 heavy (non-hydrogen) atoms. The lowest BCUT2D eigenvalue weighted by atomic mass is 9.99. The number of anilines is 1. The maximum atomic E-state index is 11.9. The number of sulfonamides is 1. The van der Waals surface area contributed by atoms with E-state index in [1.54, 1.807) is 0 Å². The molecule has 0 aliphatic carbocycles. The Morgan fingerprint density at radius 2 is 2.16 bits per heavy atom. The number of para-hydroxylation sites is 1. The minimum absolute atomic E-state index is 0.139. The van der Waals surface area contributed by atoms with Crippen LogP contribution in [0.3, 0.4) is 0 Å². The fraction of sp³-hybridized carbons (Fsp3) is 0.571. The summed E-state index contributed by atoms with van der Waals surface area (Å²) >= 11 is 0. The van der Waals surface area contributed by atoms with Gasteiger partial charge in [0.05, 0.1) is 5.75 Å². The Labute approximate surface area is 115 Å². The van der Waals surface area contributed by atoms with Crippen LogP contribution in [0.25, 0.3) is 0 Å². The molecule has 0 spiro atoms. The number of rotatable bonds is 5. The van der Waals surface area contributed by atoms with Crippen molar-refractivity contribution in [3.05, 3.63) is 29.3 Å². The molecule has 0 fully saturated rings.